The van der Waals surface area contributed by atoms with Crippen LogP contribution in [0.1, 0.15) is 38.2 Å². The predicted octanol–water partition coefficient (Wildman–Crippen LogP) is 2.36. The van der Waals surface area contributed by atoms with Gasteiger partial charge in [-0.05, 0) is 37.6 Å². The second-order valence-corrected chi connectivity index (χ2v) is 9.55. The molecule has 7 heteroatoms. The minimum Gasteiger partial charge on any atom is -0.457 e. The van der Waals surface area contributed by atoms with Crippen LogP contribution in [0.25, 0.3) is 0 Å². The lowest BCUT2D eigenvalue weighted by Crippen LogP contribution is -2.55. The van der Waals surface area contributed by atoms with E-state index in [0.717, 1.165) is 38.0 Å². The Morgan fingerprint density at radius 1 is 1.16 bits per heavy atom. The molecule has 5 rings (SSSR count). The third-order valence-electron chi connectivity index (χ3n) is 7.91. The molecule has 0 radical (unpaired) electrons. The fraction of sp³-hybridized carbons (Fsp3) is 0.583. The van der Waals surface area contributed by atoms with Gasteiger partial charge in [0, 0.05) is 50.0 Å². The summed E-state index contributed by atoms with van der Waals surface area (Å²) in [4.78, 5) is 30.1. The molecule has 0 bridgehead atoms. The maximum Gasteiger partial charge on any atom is 0.314 e. The first-order valence-electron chi connectivity index (χ1n) is 11.4. The first kappa shape index (κ1) is 20.4. The zero-order chi connectivity index (χ0) is 21.5. The minimum absolute atomic E-state index is 0.0906. The molecule has 1 aromatic rings. The SMILES string of the molecule is CC12C=CC=CC1C(=O)OC21CCN(C(=O)C2CCN(Cc3ccnnc3)CC2)CC1. The van der Waals surface area contributed by atoms with Gasteiger partial charge in [-0.2, -0.15) is 10.2 Å². The van der Waals surface area contributed by atoms with E-state index in [4.69, 9.17) is 4.74 Å². The molecule has 1 amide bonds. The summed E-state index contributed by atoms with van der Waals surface area (Å²) in [7, 11) is 0. The number of hydrogen-bond donors (Lipinski definition) is 0. The summed E-state index contributed by atoms with van der Waals surface area (Å²) < 4.78 is 5.99. The molecule has 1 spiro atoms. The largest absolute Gasteiger partial charge is 0.457 e. The van der Waals surface area contributed by atoms with Crippen LogP contribution in [0.5, 0.6) is 0 Å². The second-order valence-electron chi connectivity index (χ2n) is 9.55. The Morgan fingerprint density at radius 3 is 2.65 bits per heavy atom. The summed E-state index contributed by atoms with van der Waals surface area (Å²) in [5, 5.41) is 7.77. The number of piperidine rings is 2. The standard InChI is InChI=1S/C24H30N4O3/c1-23-8-3-2-4-20(23)22(30)31-24(23)9-14-28(15-10-24)21(29)19-6-12-27(13-7-19)17-18-5-11-25-26-16-18/h2-5,8,11,16,19-20H,6-7,9-10,12-15,17H2,1H3. The van der Waals surface area contributed by atoms with E-state index in [2.05, 4.69) is 28.1 Å². The molecule has 31 heavy (non-hydrogen) atoms. The average Bonchev–Trinajstić information content (AvgIpc) is 3.01. The van der Waals surface area contributed by atoms with E-state index in [-0.39, 0.29) is 29.1 Å². The van der Waals surface area contributed by atoms with Crippen molar-refractivity contribution < 1.29 is 14.3 Å². The minimum atomic E-state index is -0.491. The number of likely N-dealkylation sites (tertiary alicyclic amines) is 2. The summed E-state index contributed by atoms with van der Waals surface area (Å²) in [5.41, 5.74) is 0.348. The van der Waals surface area contributed by atoms with Crippen LogP contribution in [0, 0.1) is 17.3 Å². The number of nitrogens with zero attached hydrogens (tertiary/aromatic N) is 4. The van der Waals surface area contributed by atoms with Gasteiger partial charge >= 0.3 is 5.97 Å². The molecule has 1 aliphatic carbocycles. The van der Waals surface area contributed by atoms with Crippen LogP contribution in [0.2, 0.25) is 0 Å². The molecular formula is C24H30N4O3. The number of carbonyl (C=O) groups excluding carboxylic acids is 2. The van der Waals surface area contributed by atoms with E-state index in [0.29, 0.717) is 25.9 Å². The number of amides is 1. The van der Waals surface area contributed by atoms with Crippen LogP contribution in [-0.4, -0.2) is 63.7 Å². The van der Waals surface area contributed by atoms with Gasteiger partial charge in [-0.3, -0.25) is 14.5 Å². The van der Waals surface area contributed by atoms with E-state index in [1.165, 1.54) is 0 Å². The normalized spacial score (nSPS) is 30.4. The van der Waals surface area contributed by atoms with Gasteiger partial charge in [0.15, 0.2) is 0 Å². The zero-order valence-electron chi connectivity index (χ0n) is 18.1. The Balaban J connectivity index is 1.16. The summed E-state index contributed by atoms with van der Waals surface area (Å²) in [6.07, 6.45) is 14.8. The van der Waals surface area contributed by atoms with Crippen molar-refractivity contribution in [3.8, 4) is 0 Å². The highest BCUT2D eigenvalue weighted by atomic mass is 16.6. The predicted molar refractivity (Wildman–Crippen MR) is 115 cm³/mol. The van der Waals surface area contributed by atoms with Crippen LogP contribution in [0.15, 0.2) is 42.8 Å². The molecule has 0 saturated carbocycles. The number of ether oxygens (including phenoxy) is 1. The first-order valence-corrected chi connectivity index (χ1v) is 11.4. The number of fused-ring (bicyclic) bond motifs is 2. The van der Waals surface area contributed by atoms with Crippen LogP contribution in [0.3, 0.4) is 0 Å². The highest BCUT2D eigenvalue weighted by Crippen LogP contribution is 2.55. The first-order chi connectivity index (χ1) is 15.0. The van der Waals surface area contributed by atoms with Crippen LogP contribution in [0.4, 0.5) is 0 Å². The van der Waals surface area contributed by atoms with E-state index < -0.39 is 5.60 Å². The molecule has 7 nitrogen and oxygen atoms in total. The lowest BCUT2D eigenvalue weighted by Gasteiger charge is -2.47. The molecule has 2 atom stereocenters. The van der Waals surface area contributed by atoms with E-state index in [9.17, 15) is 9.59 Å². The van der Waals surface area contributed by atoms with Gasteiger partial charge in [0.1, 0.15) is 5.60 Å². The Bertz CT molecular complexity index is 899. The number of allylic oxidation sites excluding steroid dienone is 2. The number of aromatic nitrogens is 2. The maximum absolute atomic E-state index is 13.2. The van der Waals surface area contributed by atoms with Gasteiger partial charge < -0.3 is 9.64 Å². The highest BCUT2D eigenvalue weighted by molar-refractivity contribution is 5.81. The van der Waals surface area contributed by atoms with Gasteiger partial charge in [-0.15, -0.1) is 0 Å². The Morgan fingerprint density at radius 2 is 1.94 bits per heavy atom. The number of hydrogen-bond acceptors (Lipinski definition) is 6. The van der Waals surface area contributed by atoms with Crippen LogP contribution in [-0.2, 0) is 20.9 Å². The van der Waals surface area contributed by atoms with E-state index in [1.807, 2.05) is 29.2 Å². The molecule has 3 fully saturated rings. The summed E-state index contributed by atoms with van der Waals surface area (Å²) >= 11 is 0. The monoisotopic (exact) mass is 422 g/mol. The molecule has 2 unspecified atom stereocenters. The van der Waals surface area contributed by atoms with Crippen molar-refractivity contribution in [1.29, 1.82) is 0 Å². The Hall–Kier alpha value is -2.54. The van der Waals surface area contributed by atoms with Gasteiger partial charge in [-0.1, -0.05) is 31.2 Å². The quantitative estimate of drug-likeness (QED) is 0.696. The average molecular weight is 423 g/mol. The van der Waals surface area contributed by atoms with Crippen molar-refractivity contribution in [3.05, 3.63) is 48.3 Å². The molecule has 4 aliphatic rings. The van der Waals surface area contributed by atoms with E-state index >= 15 is 0 Å². The van der Waals surface area contributed by atoms with Gasteiger partial charge in [-0.25, -0.2) is 0 Å². The smallest absolute Gasteiger partial charge is 0.314 e. The molecule has 0 aromatic carbocycles. The number of carbonyl (C=O) groups is 2. The molecule has 1 aromatic heterocycles. The zero-order valence-corrected chi connectivity index (χ0v) is 18.1. The van der Waals surface area contributed by atoms with Gasteiger partial charge in [0.2, 0.25) is 5.91 Å². The summed E-state index contributed by atoms with van der Waals surface area (Å²) in [5.74, 6) is 0.0253. The third kappa shape index (κ3) is 3.49. The van der Waals surface area contributed by atoms with Crippen molar-refractivity contribution >= 4 is 11.9 Å². The topological polar surface area (TPSA) is 75.6 Å². The van der Waals surface area contributed by atoms with Crippen LogP contribution < -0.4 is 0 Å². The van der Waals surface area contributed by atoms with E-state index in [1.54, 1.807) is 12.4 Å². The molecule has 4 heterocycles. The van der Waals surface area contributed by atoms with Crippen molar-refractivity contribution in [3.63, 3.8) is 0 Å². The lowest BCUT2D eigenvalue weighted by molar-refractivity contribution is -0.159. The van der Waals surface area contributed by atoms with Crippen molar-refractivity contribution in [2.45, 2.75) is 44.8 Å². The van der Waals surface area contributed by atoms with Gasteiger partial charge in [0.05, 0.1) is 12.1 Å². The highest BCUT2D eigenvalue weighted by Gasteiger charge is 2.62. The van der Waals surface area contributed by atoms with Crippen molar-refractivity contribution in [2.24, 2.45) is 17.3 Å². The maximum atomic E-state index is 13.2. The Labute approximate surface area is 183 Å². The fourth-order valence-electron chi connectivity index (χ4n) is 5.85. The molecule has 3 aliphatic heterocycles. The Kier molecular flexibility index (Phi) is 5.16. The summed E-state index contributed by atoms with van der Waals surface area (Å²) in [6, 6.07) is 1.99. The fourth-order valence-corrected chi connectivity index (χ4v) is 5.85. The number of esters is 1. The lowest BCUT2D eigenvalue weighted by atomic mass is 9.62. The van der Waals surface area contributed by atoms with Crippen molar-refractivity contribution in [2.75, 3.05) is 26.2 Å². The molecule has 3 saturated heterocycles. The third-order valence-corrected chi connectivity index (χ3v) is 7.91. The van der Waals surface area contributed by atoms with Crippen LogP contribution >= 0.6 is 0 Å². The molecule has 164 valence electrons. The number of rotatable bonds is 3. The second kappa shape index (κ2) is 7.86. The van der Waals surface area contributed by atoms with Gasteiger partial charge in [0.25, 0.3) is 0 Å². The molecular weight excluding hydrogens is 392 g/mol. The molecule has 0 N–H and O–H groups in total. The van der Waals surface area contributed by atoms with Crippen molar-refractivity contribution in [1.82, 2.24) is 20.0 Å². The summed E-state index contributed by atoms with van der Waals surface area (Å²) in [6.45, 7) is 6.16.